The van der Waals surface area contributed by atoms with Gasteiger partial charge in [-0.05, 0) is 42.6 Å². The number of para-hydroxylation sites is 2. The number of anilines is 2. The Kier molecular flexibility index (Phi) is 5.04. The fraction of sp³-hybridized carbons (Fsp3) is 0.0476. The van der Waals surface area contributed by atoms with Gasteiger partial charge in [-0.3, -0.25) is 14.5 Å². The summed E-state index contributed by atoms with van der Waals surface area (Å²) in [5, 5.41) is 5.38. The molecule has 0 saturated carbocycles. The molecule has 0 unspecified atom stereocenters. The second kappa shape index (κ2) is 7.65. The van der Waals surface area contributed by atoms with Gasteiger partial charge in [0.05, 0.1) is 22.5 Å². The molecule has 29 heavy (non-hydrogen) atoms. The third kappa shape index (κ3) is 3.98. The molecule has 2 heterocycles. The number of aryl methyl sites for hydroxylation is 1. The normalized spacial score (nSPS) is 11.3. The highest BCUT2D eigenvalue weighted by Crippen LogP contribution is 2.26. The molecule has 8 heteroatoms. The summed E-state index contributed by atoms with van der Waals surface area (Å²) < 4.78 is 27.8. The summed E-state index contributed by atoms with van der Waals surface area (Å²) in [6, 6.07) is 19.0. The Hall–Kier alpha value is -3.23. The van der Waals surface area contributed by atoms with Gasteiger partial charge >= 0.3 is 0 Å². The number of hydrogen-bond donors (Lipinski definition) is 2. The molecule has 4 rings (SSSR count). The number of hydrogen-bond acceptors (Lipinski definition) is 5. The largest absolute Gasteiger partial charge is 0.321 e. The van der Waals surface area contributed by atoms with Gasteiger partial charge in [0.25, 0.3) is 15.9 Å². The lowest BCUT2D eigenvalue weighted by Gasteiger charge is -2.13. The summed E-state index contributed by atoms with van der Waals surface area (Å²) in [5.74, 6) is -0.412. The number of carbonyl (C=O) groups excluding carboxylic acids is 1. The second-order valence-corrected chi connectivity index (χ2v) is 9.22. The van der Waals surface area contributed by atoms with Crippen LogP contribution in [0.25, 0.3) is 10.9 Å². The van der Waals surface area contributed by atoms with Crippen molar-refractivity contribution in [1.29, 1.82) is 0 Å². The molecule has 0 aliphatic carbocycles. The zero-order chi connectivity index (χ0) is 20.4. The van der Waals surface area contributed by atoms with Crippen molar-refractivity contribution < 1.29 is 13.2 Å². The Morgan fingerprint density at radius 1 is 0.966 bits per heavy atom. The lowest BCUT2D eigenvalue weighted by Crippen LogP contribution is -2.18. The van der Waals surface area contributed by atoms with Crippen LogP contribution in [0.1, 0.15) is 16.1 Å². The van der Waals surface area contributed by atoms with Crippen LogP contribution in [0, 0.1) is 6.92 Å². The Morgan fingerprint density at radius 2 is 1.72 bits per heavy atom. The average Bonchev–Trinajstić information content (AvgIpc) is 3.24. The van der Waals surface area contributed by atoms with Gasteiger partial charge in [0, 0.05) is 11.1 Å². The Bertz CT molecular complexity index is 1300. The highest BCUT2D eigenvalue weighted by atomic mass is 32.2. The smallest absolute Gasteiger partial charge is 0.271 e. The van der Waals surface area contributed by atoms with Crippen LogP contribution in [-0.4, -0.2) is 19.3 Å². The Balaban J connectivity index is 1.68. The molecule has 0 saturated heterocycles. The first-order chi connectivity index (χ1) is 13.9. The molecule has 0 fully saturated rings. The van der Waals surface area contributed by atoms with Crippen molar-refractivity contribution >= 4 is 49.5 Å². The predicted molar refractivity (Wildman–Crippen MR) is 116 cm³/mol. The van der Waals surface area contributed by atoms with E-state index >= 15 is 0 Å². The number of thiophene rings is 1. The zero-order valence-electron chi connectivity index (χ0n) is 15.4. The van der Waals surface area contributed by atoms with Crippen LogP contribution < -0.4 is 10.0 Å². The molecule has 0 spiro atoms. The fourth-order valence-corrected chi connectivity index (χ4v) is 5.06. The molecule has 146 valence electrons. The summed E-state index contributed by atoms with van der Waals surface area (Å²) in [7, 11) is -3.76. The minimum absolute atomic E-state index is 0.184. The van der Waals surface area contributed by atoms with E-state index < -0.39 is 15.9 Å². The maximum Gasteiger partial charge on any atom is 0.271 e. The first-order valence-corrected chi connectivity index (χ1v) is 11.1. The lowest BCUT2D eigenvalue weighted by atomic mass is 10.1. The molecule has 4 aromatic rings. The number of amides is 1. The van der Waals surface area contributed by atoms with E-state index in [-0.39, 0.29) is 15.5 Å². The standard InChI is InChI=1S/C21H17N3O3S2/c1-14-13-19(15-7-2-4-9-17(15)22-14)23-21(25)16-8-3-5-10-18(16)24-29(26,27)20-11-6-12-28-20/h2-13,24H,1H3,(H,22,23,25). The average molecular weight is 424 g/mol. The fourth-order valence-electron chi connectivity index (χ4n) is 2.98. The predicted octanol–water partition coefficient (Wildman–Crippen LogP) is 4.66. The number of aromatic nitrogens is 1. The summed E-state index contributed by atoms with van der Waals surface area (Å²) in [5.41, 5.74) is 2.61. The van der Waals surface area contributed by atoms with Gasteiger partial charge < -0.3 is 5.32 Å². The van der Waals surface area contributed by atoms with Crippen molar-refractivity contribution in [3.63, 3.8) is 0 Å². The van der Waals surface area contributed by atoms with E-state index in [1.54, 1.807) is 41.8 Å². The number of fused-ring (bicyclic) bond motifs is 1. The van der Waals surface area contributed by atoms with E-state index in [0.29, 0.717) is 5.69 Å². The molecule has 2 aromatic carbocycles. The first-order valence-electron chi connectivity index (χ1n) is 8.77. The van der Waals surface area contributed by atoms with Crippen LogP contribution in [0.4, 0.5) is 11.4 Å². The molecule has 0 atom stereocenters. The zero-order valence-corrected chi connectivity index (χ0v) is 17.0. The number of nitrogens with zero attached hydrogens (tertiary/aromatic N) is 1. The van der Waals surface area contributed by atoms with Crippen LogP contribution in [0.5, 0.6) is 0 Å². The number of sulfonamides is 1. The number of benzene rings is 2. The van der Waals surface area contributed by atoms with Crippen molar-refractivity contribution in [1.82, 2.24) is 4.98 Å². The third-order valence-electron chi connectivity index (χ3n) is 4.27. The summed E-state index contributed by atoms with van der Waals surface area (Å²) in [6.07, 6.45) is 0. The highest BCUT2D eigenvalue weighted by Gasteiger charge is 2.20. The van der Waals surface area contributed by atoms with E-state index in [4.69, 9.17) is 0 Å². The van der Waals surface area contributed by atoms with E-state index in [9.17, 15) is 13.2 Å². The molecule has 0 aliphatic heterocycles. The number of carbonyl (C=O) groups is 1. The molecule has 0 aliphatic rings. The first kappa shape index (κ1) is 19.1. The third-order valence-corrected chi connectivity index (χ3v) is 7.03. The molecule has 0 bridgehead atoms. The number of nitrogens with one attached hydrogen (secondary N) is 2. The van der Waals surface area contributed by atoms with Crippen molar-refractivity contribution in [2.75, 3.05) is 10.0 Å². The van der Waals surface area contributed by atoms with Crippen molar-refractivity contribution in [3.8, 4) is 0 Å². The number of rotatable bonds is 5. The molecule has 6 nitrogen and oxygen atoms in total. The van der Waals surface area contributed by atoms with Gasteiger partial charge in [0.15, 0.2) is 0 Å². The Labute approximate surface area is 172 Å². The monoisotopic (exact) mass is 423 g/mol. The summed E-state index contributed by atoms with van der Waals surface area (Å²) >= 11 is 1.11. The SMILES string of the molecule is Cc1cc(NC(=O)c2ccccc2NS(=O)(=O)c2cccs2)c2ccccc2n1. The minimum Gasteiger partial charge on any atom is -0.321 e. The van der Waals surface area contributed by atoms with Gasteiger partial charge in [-0.2, -0.15) is 0 Å². The van der Waals surface area contributed by atoms with Crippen molar-refractivity contribution in [3.05, 3.63) is 83.4 Å². The molecular weight excluding hydrogens is 406 g/mol. The van der Waals surface area contributed by atoms with Crippen molar-refractivity contribution in [2.24, 2.45) is 0 Å². The van der Waals surface area contributed by atoms with Gasteiger partial charge in [0.2, 0.25) is 0 Å². The van der Waals surface area contributed by atoms with Crippen LogP contribution in [0.15, 0.2) is 76.3 Å². The molecule has 2 N–H and O–H groups in total. The van der Waals surface area contributed by atoms with Gasteiger partial charge in [-0.15, -0.1) is 11.3 Å². The number of pyridine rings is 1. The summed E-state index contributed by atoms with van der Waals surface area (Å²) in [6.45, 7) is 1.85. The van der Waals surface area contributed by atoms with Crippen LogP contribution >= 0.6 is 11.3 Å². The van der Waals surface area contributed by atoms with E-state index in [1.807, 2.05) is 31.2 Å². The maximum atomic E-state index is 13.0. The summed E-state index contributed by atoms with van der Waals surface area (Å²) in [4.78, 5) is 17.5. The van der Waals surface area contributed by atoms with E-state index in [1.165, 1.54) is 6.07 Å². The maximum absolute atomic E-state index is 13.0. The van der Waals surface area contributed by atoms with Gasteiger partial charge in [-0.25, -0.2) is 8.42 Å². The van der Waals surface area contributed by atoms with Gasteiger partial charge in [0.1, 0.15) is 4.21 Å². The van der Waals surface area contributed by atoms with Gasteiger partial charge in [-0.1, -0.05) is 36.4 Å². The van der Waals surface area contributed by atoms with Crippen LogP contribution in [0.3, 0.4) is 0 Å². The highest BCUT2D eigenvalue weighted by molar-refractivity contribution is 7.94. The lowest BCUT2D eigenvalue weighted by molar-refractivity contribution is 0.102. The molecule has 0 radical (unpaired) electrons. The van der Waals surface area contributed by atoms with Crippen LogP contribution in [-0.2, 0) is 10.0 Å². The van der Waals surface area contributed by atoms with Crippen LogP contribution in [0.2, 0.25) is 0 Å². The van der Waals surface area contributed by atoms with E-state index in [0.717, 1.165) is 27.9 Å². The molecule has 2 aromatic heterocycles. The second-order valence-electron chi connectivity index (χ2n) is 6.37. The topological polar surface area (TPSA) is 88.2 Å². The minimum atomic E-state index is -3.76. The quantitative estimate of drug-likeness (QED) is 0.489. The Morgan fingerprint density at radius 3 is 2.52 bits per heavy atom. The molecule has 1 amide bonds. The van der Waals surface area contributed by atoms with E-state index in [2.05, 4.69) is 15.0 Å². The molecular formula is C21H17N3O3S2. The van der Waals surface area contributed by atoms with Crippen molar-refractivity contribution in [2.45, 2.75) is 11.1 Å².